The van der Waals surface area contributed by atoms with Gasteiger partial charge in [-0.15, -0.1) is 11.3 Å². The standard InChI is InChI=1S/C18H12ClN3O3S/c1-25-18(24)16-14(5-6-26-16)22-17(23)10(8-20)7-11-9-21-13-4-2-3-12(19)15(11)13/h2-7,9,21H,1H3,(H,22,23). The summed E-state index contributed by atoms with van der Waals surface area (Å²) in [7, 11) is 1.26. The topological polar surface area (TPSA) is 95.0 Å². The molecular formula is C18H12ClN3O3S. The first-order valence-electron chi connectivity index (χ1n) is 7.39. The molecule has 0 aliphatic carbocycles. The third-order valence-corrected chi connectivity index (χ3v) is 4.84. The van der Waals surface area contributed by atoms with Gasteiger partial charge in [-0.2, -0.15) is 5.26 Å². The molecular weight excluding hydrogens is 374 g/mol. The number of nitriles is 1. The summed E-state index contributed by atoms with van der Waals surface area (Å²) in [6, 6.07) is 8.83. The number of nitrogens with zero attached hydrogens (tertiary/aromatic N) is 1. The number of thiophene rings is 1. The van der Waals surface area contributed by atoms with Crippen LogP contribution < -0.4 is 5.32 Å². The zero-order chi connectivity index (χ0) is 18.7. The van der Waals surface area contributed by atoms with E-state index in [1.807, 2.05) is 12.1 Å². The smallest absolute Gasteiger partial charge is 0.350 e. The second-order valence-corrected chi connectivity index (χ2v) is 6.51. The molecule has 0 saturated heterocycles. The van der Waals surface area contributed by atoms with Gasteiger partial charge in [-0.25, -0.2) is 4.79 Å². The molecule has 3 rings (SSSR count). The van der Waals surface area contributed by atoms with Crippen LogP contribution in [-0.2, 0) is 9.53 Å². The van der Waals surface area contributed by atoms with Crippen molar-refractivity contribution in [1.29, 1.82) is 5.26 Å². The number of nitrogens with one attached hydrogen (secondary N) is 2. The second-order valence-electron chi connectivity index (χ2n) is 5.19. The lowest BCUT2D eigenvalue weighted by atomic mass is 10.1. The highest BCUT2D eigenvalue weighted by atomic mass is 35.5. The Labute approximate surface area is 157 Å². The number of benzene rings is 1. The largest absolute Gasteiger partial charge is 0.465 e. The van der Waals surface area contributed by atoms with E-state index >= 15 is 0 Å². The number of anilines is 1. The van der Waals surface area contributed by atoms with E-state index in [9.17, 15) is 14.9 Å². The van der Waals surface area contributed by atoms with Gasteiger partial charge in [0.05, 0.1) is 17.8 Å². The van der Waals surface area contributed by atoms with Crippen LogP contribution in [0.5, 0.6) is 0 Å². The van der Waals surface area contributed by atoms with Crippen molar-refractivity contribution in [3.05, 3.63) is 56.9 Å². The average molecular weight is 386 g/mol. The zero-order valence-electron chi connectivity index (χ0n) is 13.5. The molecule has 3 aromatic rings. The fraction of sp³-hybridized carbons (Fsp3) is 0.0556. The maximum atomic E-state index is 12.5. The molecule has 2 heterocycles. The van der Waals surface area contributed by atoms with Gasteiger partial charge >= 0.3 is 5.97 Å². The number of fused-ring (bicyclic) bond motifs is 1. The van der Waals surface area contributed by atoms with Gasteiger partial charge in [0.1, 0.15) is 16.5 Å². The number of aromatic nitrogens is 1. The Hall–Kier alpha value is -3.08. The maximum Gasteiger partial charge on any atom is 0.350 e. The number of ether oxygens (including phenoxy) is 1. The molecule has 8 heteroatoms. The fourth-order valence-electron chi connectivity index (χ4n) is 2.43. The molecule has 0 aliphatic heterocycles. The molecule has 130 valence electrons. The molecule has 2 N–H and O–H groups in total. The predicted octanol–water partition coefficient (Wildman–Crippen LogP) is 4.22. The maximum absolute atomic E-state index is 12.5. The summed E-state index contributed by atoms with van der Waals surface area (Å²) in [4.78, 5) is 27.5. The average Bonchev–Trinajstić information content (AvgIpc) is 3.26. The number of H-pyrrole nitrogens is 1. The summed E-state index contributed by atoms with van der Waals surface area (Å²) in [5, 5.41) is 14.8. The molecule has 1 amide bonds. The van der Waals surface area contributed by atoms with E-state index in [4.69, 9.17) is 11.6 Å². The van der Waals surface area contributed by atoms with Crippen molar-refractivity contribution < 1.29 is 14.3 Å². The van der Waals surface area contributed by atoms with Crippen LogP contribution in [0.15, 0.2) is 41.4 Å². The highest BCUT2D eigenvalue weighted by Gasteiger charge is 2.18. The quantitative estimate of drug-likeness (QED) is 0.399. The molecule has 0 aliphatic rings. The van der Waals surface area contributed by atoms with Gasteiger partial charge in [-0.05, 0) is 29.7 Å². The Balaban J connectivity index is 1.93. The number of aromatic amines is 1. The SMILES string of the molecule is COC(=O)c1sccc1NC(=O)C(C#N)=Cc1c[nH]c2cccc(Cl)c12. The monoisotopic (exact) mass is 385 g/mol. The van der Waals surface area contributed by atoms with Crippen LogP contribution in [0.2, 0.25) is 5.02 Å². The second kappa shape index (κ2) is 7.44. The third-order valence-electron chi connectivity index (χ3n) is 3.63. The Morgan fingerprint density at radius 1 is 1.38 bits per heavy atom. The van der Waals surface area contributed by atoms with Crippen LogP contribution in [0, 0.1) is 11.3 Å². The molecule has 6 nitrogen and oxygen atoms in total. The van der Waals surface area contributed by atoms with Gasteiger partial charge in [0.2, 0.25) is 0 Å². The first-order valence-corrected chi connectivity index (χ1v) is 8.65. The van der Waals surface area contributed by atoms with Gasteiger partial charge < -0.3 is 15.0 Å². The number of methoxy groups -OCH3 is 1. The van der Waals surface area contributed by atoms with Crippen molar-refractivity contribution in [1.82, 2.24) is 4.98 Å². The van der Waals surface area contributed by atoms with Crippen molar-refractivity contribution in [2.75, 3.05) is 12.4 Å². The molecule has 0 spiro atoms. The van der Waals surface area contributed by atoms with E-state index in [0.29, 0.717) is 16.3 Å². The van der Waals surface area contributed by atoms with E-state index in [0.717, 1.165) is 22.2 Å². The number of rotatable bonds is 4. The number of carbonyl (C=O) groups excluding carboxylic acids is 2. The summed E-state index contributed by atoms with van der Waals surface area (Å²) in [5.41, 5.74) is 1.60. The molecule has 0 bridgehead atoms. The number of halogens is 1. The van der Waals surface area contributed by atoms with Crippen molar-refractivity contribution in [2.24, 2.45) is 0 Å². The van der Waals surface area contributed by atoms with Crippen molar-refractivity contribution >= 4 is 57.5 Å². The number of amides is 1. The van der Waals surface area contributed by atoms with Crippen LogP contribution in [0.1, 0.15) is 15.2 Å². The fourth-order valence-corrected chi connectivity index (χ4v) is 3.48. The van der Waals surface area contributed by atoms with E-state index in [-0.39, 0.29) is 10.5 Å². The number of hydrogen-bond donors (Lipinski definition) is 2. The molecule has 0 unspecified atom stereocenters. The van der Waals surface area contributed by atoms with E-state index < -0.39 is 11.9 Å². The lowest BCUT2D eigenvalue weighted by Crippen LogP contribution is -2.15. The van der Waals surface area contributed by atoms with Crippen molar-refractivity contribution in [3.8, 4) is 6.07 Å². The zero-order valence-corrected chi connectivity index (χ0v) is 15.1. The highest BCUT2D eigenvalue weighted by Crippen LogP contribution is 2.28. The van der Waals surface area contributed by atoms with Gasteiger partial charge in [0.25, 0.3) is 5.91 Å². The first-order chi connectivity index (χ1) is 12.5. The lowest BCUT2D eigenvalue weighted by Gasteiger charge is -2.04. The summed E-state index contributed by atoms with van der Waals surface area (Å²) in [5.74, 6) is -1.18. The normalized spacial score (nSPS) is 11.2. The number of hydrogen-bond acceptors (Lipinski definition) is 5. The number of carbonyl (C=O) groups is 2. The Bertz CT molecular complexity index is 1070. The Kier molecular flexibility index (Phi) is 5.07. The van der Waals surface area contributed by atoms with E-state index in [1.54, 1.807) is 29.8 Å². The van der Waals surface area contributed by atoms with Crippen LogP contribution in [0.4, 0.5) is 5.69 Å². The van der Waals surface area contributed by atoms with E-state index in [1.165, 1.54) is 13.2 Å². The summed E-state index contributed by atoms with van der Waals surface area (Å²) in [6.07, 6.45) is 3.12. The molecule has 0 saturated carbocycles. The summed E-state index contributed by atoms with van der Waals surface area (Å²) < 4.78 is 4.67. The van der Waals surface area contributed by atoms with Gasteiger partial charge in [0.15, 0.2) is 0 Å². The minimum atomic E-state index is -0.627. The highest BCUT2D eigenvalue weighted by molar-refractivity contribution is 7.12. The van der Waals surface area contributed by atoms with Crippen LogP contribution in [0.25, 0.3) is 17.0 Å². The molecule has 26 heavy (non-hydrogen) atoms. The van der Waals surface area contributed by atoms with E-state index in [2.05, 4.69) is 15.0 Å². The van der Waals surface area contributed by atoms with Gasteiger partial charge in [-0.3, -0.25) is 4.79 Å². The van der Waals surface area contributed by atoms with Gasteiger partial charge in [-0.1, -0.05) is 17.7 Å². The van der Waals surface area contributed by atoms with Crippen LogP contribution in [-0.4, -0.2) is 24.0 Å². The van der Waals surface area contributed by atoms with Gasteiger partial charge in [0, 0.05) is 22.7 Å². The first kappa shape index (κ1) is 17.7. The minimum absolute atomic E-state index is 0.118. The third kappa shape index (κ3) is 3.33. The molecule has 1 aromatic carbocycles. The minimum Gasteiger partial charge on any atom is -0.465 e. The van der Waals surface area contributed by atoms with Crippen LogP contribution in [0.3, 0.4) is 0 Å². The summed E-state index contributed by atoms with van der Waals surface area (Å²) in [6.45, 7) is 0. The Morgan fingerprint density at radius 3 is 2.92 bits per heavy atom. The molecule has 2 aromatic heterocycles. The molecule has 0 fully saturated rings. The summed E-state index contributed by atoms with van der Waals surface area (Å²) >= 11 is 7.35. The predicted molar refractivity (Wildman–Crippen MR) is 101 cm³/mol. The number of esters is 1. The van der Waals surface area contributed by atoms with Crippen LogP contribution >= 0.6 is 22.9 Å². The lowest BCUT2D eigenvalue weighted by molar-refractivity contribution is -0.112. The molecule has 0 atom stereocenters. The van der Waals surface area contributed by atoms with Crippen molar-refractivity contribution in [2.45, 2.75) is 0 Å². The van der Waals surface area contributed by atoms with Crippen molar-refractivity contribution in [3.63, 3.8) is 0 Å². The Morgan fingerprint density at radius 2 is 2.19 bits per heavy atom. The molecule has 0 radical (unpaired) electrons.